The SMILES string of the molecule is COc1cccc(CNC(=O)c2cc(C(=O)NCCc3cc4ccccc4[nH]3)c3nnc(C)n3c2)c1. The minimum absolute atomic E-state index is 0.293. The van der Waals surface area contributed by atoms with Crippen LogP contribution in [0.2, 0.25) is 0 Å². The van der Waals surface area contributed by atoms with E-state index in [-0.39, 0.29) is 11.8 Å². The summed E-state index contributed by atoms with van der Waals surface area (Å²) >= 11 is 0. The highest BCUT2D eigenvalue weighted by Crippen LogP contribution is 2.17. The Morgan fingerprint density at radius 3 is 2.69 bits per heavy atom. The highest BCUT2D eigenvalue weighted by molar-refractivity contribution is 6.03. The van der Waals surface area contributed by atoms with E-state index in [0.29, 0.717) is 42.1 Å². The molecule has 0 spiro atoms. The third-order valence-corrected chi connectivity index (χ3v) is 6.03. The fourth-order valence-electron chi connectivity index (χ4n) is 4.14. The van der Waals surface area contributed by atoms with E-state index in [0.717, 1.165) is 27.9 Å². The number of para-hydroxylation sites is 1. The van der Waals surface area contributed by atoms with Crippen LogP contribution in [0.15, 0.2) is 66.9 Å². The van der Waals surface area contributed by atoms with E-state index in [1.807, 2.05) is 48.5 Å². The molecule has 3 aromatic heterocycles. The number of aromatic amines is 1. The monoisotopic (exact) mass is 482 g/mol. The second-order valence-corrected chi connectivity index (χ2v) is 8.51. The number of hydrogen-bond acceptors (Lipinski definition) is 5. The number of benzene rings is 2. The van der Waals surface area contributed by atoms with Gasteiger partial charge in [-0.2, -0.15) is 0 Å². The summed E-state index contributed by atoms with van der Waals surface area (Å²) in [4.78, 5) is 29.4. The second kappa shape index (κ2) is 9.91. The molecule has 0 aliphatic rings. The van der Waals surface area contributed by atoms with Crippen LogP contribution in [0.3, 0.4) is 0 Å². The predicted octanol–water partition coefficient (Wildman–Crippen LogP) is 3.43. The quantitative estimate of drug-likeness (QED) is 0.314. The third kappa shape index (κ3) is 4.76. The van der Waals surface area contributed by atoms with E-state index in [4.69, 9.17) is 4.74 Å². The van der Waals surface area contributed by atoms with Gasteiger partial charge in [-0.15, -0.1) is 10.2 Å². The summed E-state index contributed by atoms with van der Waals surface area (Å²) in [6, 6.07) is 19.2. The van der Waals surface area contributed by atoms with Crippen LogP contribution in [0.1, 0.15) is 37.8 Å². The average Bonchev–Trinajstić information content (AvgIpc) is 3.49. The van der Waals surface area contributed by atoms with Crippen LogP contribution in [0.4, 0.5) is 0 Å². The van der Waals surface area contributed by atoms with Crippen molar-refractivity contribution in [1.29, 1.82) is 0 Å². The van der Waals surface area contributed by atoms with E-state index in [9.17, 15) is 9.59 Å². The minimum atomic E-state index is -0.314. The molecule has 3 N–H and O–H groups in total. The molecule has 182 valence electrons. The molecule has 0 saturated heterocycles. The average molecular weight is 483 g/mol. The maximum absolute atomic E-state index is 13.1. The van der Waals surface area contributed by atoms with Gasteiger partial charge in [0.1, 0.15) is 11.6 Å². The Morgan fingerprint density at radius 1 is 1.00 bits per heavy atom. The molecule has 2 amide bonds. The molecule has 5 rings (SSSR count). The molecule has 0 atom stereocenters. The van der Waals surface area contributed by atoms with Gasteiger partial charge in [-0.3, -0.25) is 14.0 Å². The molecular formula is C27H26N6O3. The maximum Gasteiger partial charge on any atom is 0.255 e. The van der Waals surface area contributed by atoms with Crippen molar-refractivity contribution in [3.05, 3.63) is 95.1 Å². The zero-order valence-corrected chi connectivity index (χ0v) is 20.0. The molecular weight excluding hydrogens is 456 g/mol. The minimum Gasteiger partial charge on any atom is -0.497 e. The molecule has 0 aliphatic carbocycles. The Labute approximate surface area is 207 Å². The van der Waals surface area contributed by atoms with Crippen LogP contribution in [0.25, 0.3) is 16.6 Å². The van der Waals surface area contributed by atoms with Crippen molar-refractivity contribution in [3.8, 4) is 5.75 Å². The van der Waals surface area contributed by atoms with E-state index in [1.54, 1.807) is 30.7 Å². The summed E-state index contributed by atoms with van der Waals surface area (Å²) < 4.78 is 6.90. The first-order valence-corrected chi connectivity index (χ1v) is 11.6. The second-order valence-electron chi connectivity index (χ2n) is 8.51. The Morgan fingerprint density at radius 2 is 1.86 bits per heavy atom. The summed E-state index contributed by atoms with van der Waals surface area (Å²) in [6.07, 6.45) is 2.29. The van der Waals surface area contributed by atoms with E-state index >= 15 is 0 Å². The normalized spacial score (nSPS) is 11.1. The van der Waals surface area contributed by atoms with Crippen molar-refractivity contribution in [3.63, 3.8) is 0 Å². The number of carbonyl (C=O) groups excluding carboxylic acids is 2. The number of rotatable bonds is 8. The number of fused-ring (bicyclic) bond motifs is 2. The summed E-state index contributed by atoms with van der Waals surface area (Å²) in [5.41, 5.74) is 4.03. The first kappa shape index (κ1) is 23.1. The number of methoxy groups -OCH3 is 1. The Balaban J connectivity index is 1.31. The maximum atomic E-state index is 13.1. The highest BCUT2D eigenvalue weighted by atomic mass is 16.5. The Kier molecular flexibility index (Phi) is 6.36. The van der Waals surface area contributed by atoms with Gasteiger partial charge in [-0.25, -0.2) is 0 Å². The van der Waals surface area contributed by atoms with Crippen LogP contribution in [0.5, 0.6) is 5.75 Å². The van der Waals surface area contributed by atoms with Gasteiger partial charge in [-0.1, -0.05) is 30.3 Å². The molecule has 0 unspecified atom stereocenters. The van der Waals surface area contributed by atoms with Gasteiger partial charge in [0, 0.05) is 36.9 Å². The third-order valence-electron chi connectivity index (χ3n) is 6.03. The fraction of sp³-hybridized carbons (Fsp3) is 0.185. The summed E-state index contributed by atoms with van der Waals surface area (Å²) in [5, 5.41) is 15.2. The molecule has 9 nitrogen and oxygen atoms in total. The Bertz CT molecular complexity index is 1540. The number of nitrogens with zero attached hydrogens (tertiary/aromatic N) is 3. The standard InChI is InChI=1S/C27H26N6O3/c1-17-31-32-25-23(27(35)28-11-10-21-13-19-7-3-4-9-24(19)30-21)14-20(16-33(17)25)26(34)29-15-18-6-5-8-22(12-18)36-2/h3-9,12-14,16,30H,10-11,15H2,1-2H3,(H,28,35)(H,29,34). The van der Waals surface area contributed by atoms with Crippen LogP contribution in [-0.2, 0) is 13.0 Å². The smallest absolute Gasteiger partial charge is 0.255 e. The number of pyridine rings is 1. The lowest BCUT2D eigenvalue weighted by Gasteiger charge is -2.10. The topological polar surface area (TPSA) is 113 Å². The molecule has 5 aromatic rings. The molecule has 3 heterocycles. The van der Waals surface area contributed by atoms with Gasteiger partial charge < -0.3 is 20.4 Å². The first-order chi connectivity index (χ1) is 17.5. The van der Waals surface area contributed by atoms with Gasteiger partial charge in [0.15, 0.2) is 5.65 Å². The van der Waals surface area contributed by atoms with E-state index in [1.165, 1.54) is 0 Å². The van der Waals surface area contributed by atoms with Crippen molar-refractivity contribution in [2.75, 3.05) is 13.7 Å². The zero-order chi connectivity index (χ0) is 25.1. The number of nitrogens with one attached hydrogen (secondary N) is 3. The molecule has 0 fully saturated rings. The van der Waals surface area contributed by atoms with Crippen LogP contribution >= 0.6 is 0 Å². The molecule has 36 heavy (non-hydrogen) atoms. The molecule has 0 bridgehead atoms. The lowest BCUT2D eigenvalue weighted by molar-refractivity contribution is 0.0950. The van der Waals surface area contributed by atoms with Crippen molar-refractivity contribution in [2.24, 2.45) is 0 Å². The van der Waals surface area contributed by atoms with E-state index in [2.05, 4.69) is 31.9 Å². The van der Waals surface area contributed by atoms with Crippen LogP contribution < -0.4 is 15.4 Å². The first-order valence-electron chi connectivity index (χ1n) is 11.6. The van der Waals surface area contributed by atoms with Gasteiger partial charge in [0.05, 0.1) is 18.2 Å². The van der Waals surface area contributed by atoms with Crippen LogP contribution in [0, 0.1) is 6.92 Å². The fourth-order valence-corrected chi connectivity index (χ4v) is 4.14. The molecule has 0 saturated carbocycles. The van der Waals surface area contributed by atoms with Crippen molar-refractivity contribution >= 4 is 28.4 Å². The number of carbonyl (C=O) groups is 2. The number of amides is 2. The number of aromatic nitrogens is 4. The van der Waals surface area contributed by atoms with Crippen molar-refractivity contribution in [2.45, 2.75) is 19.9 Å². The van der Waals surface area contributed by atoms with Gasteiger partial charge in [0.25, 0.3) is 11.8 Å². The summed E-state index contributed by atoms with van der Waals surface area (Å²) in [6.45, 7) is 2.52. The summed E-state index contributed by atoms with van der Waals surface area (Å²) in [5.74, 6) is 0.681. The molecule has 0 aliphatic heterocycles. The molecule has 9 heteroatoms. The van der Waals surface area contributed by atoms with Crippen molar-refractivity contribution < 1.29 is 14.3 Å². The summed E-state index contributed by atoms with van der Waals surface area (Å²) in [7, 11) is 1.60. The highest BCUT2D eigenvalue weighted by Gasteiger charge is 2.18. The van der Waals surface area contributed by atoms with Crippen molar-refractivity contribution in [1.82, 2.24) is 30.2 Å². The van der Waals surface area contributed by atoms with E-state index < -0.39 is 0 Å². The molecule has 0 radical (unpaired) electrons. The lowest BCUT2D eigenvalue weighted by atomic mass is 10.1. The number of aryl methyl sites for hydroxylation is 1. The van der Waals surface area contributed by atoms with Gasteiger partial charge in [0.2, 0.25) is 0 Å². The lowest BCUT2D eigenvalue weighted by Crippen LogP contribution is -2.28. The Hall–Kier alpha value is -4.66. The number of ether oxygens (including phenoxy) is 1. The largest absolute Gasteiger partial charge is 0.497 e. The molecule has 2 aromatic carbocycles. The van der Waals surface area contributed by atoms with Crippen LogP contribution in [-0.4, -0.2) is 45.1 Å². The van der Waals surface area contributed by atoms with Gasteiger partial charge >= 0.3 is 0 Å². The predicted molar refractivity (Wildman–Crippen MR) is 136 cm³/mol. The zero-order valence-electron chi connectivity index (χ0n) is 20.0. The number of hydrogen-bond donors (Lipinski definition) is 3. The van der Waals surface area contributed by atoms with Gasteiger partial charge in [-0.05, 0) is 48.2 Å². The number of H-pyrrole nitrogens is 1.